The van der Waals surface area contributed by atoms with E-state index in [0.29, 0.717) is 0 Å². The normalized spacial score (nSPS) is 31.1. The van der Waals surface area contributed by atoms with E-state index >= 15 is 0 Å². The lowest BCUT2D eigenvalue weighted by Crippen LogP contribution is -2.23. The summed E-state index contributed by atoms with van der Waals surface area (Å²) in [5, 5.41) is 0.934. The number of nitrogens with zero attached hydrogens (tertiary/aromatic N) is 1. The van der Waals surface area contributed by atoms with E-state index < -0.39 is 0 Å². The highest BCUT2D eigenvalue weighted by atomic mass is 32.2. The number of rotatable bonds is 2. The predicted molar refractivity (Wildman–Crippen MR) is 61.0 cm³/mol. The first kappa shape index (κ1) is 8.81. The summed E-state index contributed by atoms with van der Waals surface area (Å²) in [6, 6.07) is 11.7. The lowest BCUT2D eigenvalue weighted by molar-refractivity contribution is 0.363. The highest BCUT2D eigenvalue weighted by Crippen LogP contribution is 2.45. The van der Waals surface area contributed by atoms with Crippen molar-refractivity contribution in [2.75, 3.05) is 0 Å². The molecule has 2 bridgehead atoms. The van der Waals surface area contributed by atoms with Crippen LogP contribution in [0, 0.1) is 0 Å². The van der Waals surface area contributed by atoms with E-state index in [1.807, 2.05) is 0 Å². The van der Waals surface area contributed by atoms with Crippen LogP contribution in [0.15, 0.2) is 30.3 Å². The van der Waals surface area contributed by atoms with E-state index in [1.54, 1.807) is 0 Å². The number of hydrogen-bond donors (Lipinski definition) is 0. The maximum atomic E-state index is 2.59. The third kappa shape index (κ3) is 1.57. The van der Waals surface area contributed by atoms with Gasteiger partial charge in [0.25, 0.3) is 0 Å². The average molecular weight is 205 g/mol. The molecule has 1 saturated carbocycles. The van der Waals surface area contributed by atoms with Crippen molar-refractivity contribution in [3.05, 3.63) is 35.9 Å². The summed E-state index contributed by atoms with van der Waals surface area (Å²) < 4.78 is 2.59. The van der Waals surface area contributed by atoms with Gasteiger partial charge < -0.3 is 0 Å². The summed E-state index contributed by atoms with van der Waals surface area (Å²) in [7, 11) is 0. The highest BCUT2D eigenvalue weighted by molar-refractivity contribution is 7.97. The second-order valence-corrected chi connectivity index (χ2v) is 5.60. The van der Waals surface area contributed by atoms with Crippen molar-refractivity contribution >= 4 is 11.9 Å². The molecule has 0 aromatic heterocycles. The summed E-state index contributed by atoms with van der Waals surface area (Å²) in [6.07, 6.45) is 4.29. The van der Waals surface area contributed by atoms with Gasteiger partial charge in [0, 0.05) is 17.8 Å². The molecule has 1 aliphatic heterocycles. The largest absolute Gasteiger partial charge is 0.243 e. The van der Waals surface area contributed by atoms with Crippen molar-refractivity contribution in [2.24, 2.45) is 0 Å². The van der Waals surface area contributed by atoms with Crippen LogP contribution >= 0.6 is 11.9 Å². The smallest absolute Gasteiger partial charge is 0.0343 e. The molecule has 14 heavy (non-hydrogen) atoms. The lowest BCUT2D eigenvalue weighted by Gasteiger charge is -2.25. The average Bonchev–Trinajstić information content (AvgIpc) is 2.81. The van der Waals surface area contributed by atoms with Crippen LogP contribution in [0.4, 0.5) is 0 Å². The molecule has 1 nitrogen and oxygen atoms in total. The van der Waals surface area contributed by atoms with Gasteiger partial charge in [0.1, 0.15) is 0 Å². The Morgan fingerprint density at radius 1 is 1.21 bits per heavy atom. The van der Waals surface area contributed by atoms with Crippen LogP contribution in [0.5, 0.6) is 0 Å². The maximum Gasteiger partial charge on any atom is 0.0343 e. The van der Waals surface area contributed by atoms with Gasteiger partial charge in [-0.15, -0.1) is 0 Å². The first-order valence-electron chi connectivity index (χ1n) is 5.39. The van der Waals surface area contributed by atoms with Gasteiger partial charge in [0.05, 0.1) is 0 Å². The molecule has 0 amide bonds. The van der Waals surface area contributed by atoms with Gasteiger partial charge in [-0.3, -0.25) is 0 Å². The SMILES string of the molecule is c1ccc(CN2SC3CCC2C3)cc1. The van der Waals surface area contributed by atoms with Crippen molar-refractivity contribution < 1.29 is 0 Å². The molecule has 2 heteroatoms. The summed E-state index contributed by atoms with van der Waals surface area (Å²) in [6.45, 7) is 1.13. The lowest BCUT2D eigenvalue weighted by atomic mass is 10.2. The zero-order chi connectivity index (χ0) is 9.38. The van der Waals surface area contributed by atoms with Crippen LogP contribution in [-0.2, 0) is 6.54 Å². The van der Waals surface area contributed by atoms with Gasteiger partial charge in [0.15, 0.2) is 0 Å². The maximum absolute atomic E-state index is 2.59. The van der Waals surface area contributed by atoms with Crippen molar-refractivity contribution in [3.63, 3.8) is 0 Å². The summed E-state index contributed by atoms with van der Waals surface area (Å²) >= 11 is 2.09. The zero-order valence-electron chi connectivity index (χ0n) is 8.23. The van der Waals surface area contributed by atoms with Gasteiger partial charge in [-0.25, -0.2) is 4.31 Å². The van der Waals surface area contributed by atoms with Crippen LogP contribution < -0.4 is 0 Å². The molecule has 2 aliphatic rings. The number of hydrogen-bond acceptors (Lipinski definition) is 2. The minimum atomic E-state index is 0.866. The quantitative estimate of drug-likeness (QED) is 0.683. The second kappa shape index (κ2) is 3.59. The number of benzene rings is 1. The summed E-state index contributed by atoms with van der Waals surface area (Å²) in [5.41, 5.74) is 1.45. The van der Waals surface area contributed by atoms with Crippen LogP contribution in [0.2, 0.25) is 0 Å². The van der Waals surface area contributed by atoms with Crippen LogP contribution in [0.25, 0.3) is 0 Å². The van der Waals surface area contributed by atoms with Crippen molar-refractivity contribution in [1.82, 2.24) is 4.31 Å². The van der Waals surface area contributed by atoms with Crippen molar-refractivity contribution in [1.29, 1.82) is 0 Å². The Kier molecular flexibility index (Phi) is 2.26. The van der Waals surface area contributed by atoms with Crippen molar-refractivity contribution in [2.45, 2.75) is 37.1 Å². The predicted octanol–water partition coefficient (Wildman–Crippen LogP) is 3.07. The third-order valence-electron chi connectivity index (χ3n) is 3.23. The van der Waals surface area contributed by atoms with Gasteiger partial charge in [-0.2, -0.15) is 0 Å². The fraction of sp³-hybridized carbons (Fsp3) is 0.500. The van der Waals surface area contributed by atoms with Gasteiger partial charge in [0.2, 0.25) is 0 Å². The fourth-order valence-electron chi connectivity index (χ4n) is 2.48. The Labute approximate surface area is 89.6 Å². The molecule has 2 atom stereocenters. The zero-order valence-corrected chi connectivity index (χ0v) is 9.04. The first-order chi connectivity index (χ1) is 6.92. The minimum absolute atomic E-state index is 0.866. The summed E-state index contributed by atoms with van der Waals surface area (Å²) in [5.74, 6) is 0. The molecule has 3 rings (SSSR count). The molecule has 1 aromatic carbocycles. The summed E-state index contributed by atoms with van der Waals surface area (Å²) in [4.78, 5) is 0. The molecule has 1 heterocycles. The molecule has 0 N–H and O–H groups in total. The van der Waals surface area contributed by atoms with E-state index in [2.05, 4.69) is 46.6 Å². The van der Waals surface area contributed by atoms with E-state index in [1.165, 1.54) is 24.8 Å². The Morgan fingerprint density at radius 2 is 2.07 bits per heavy atom. The standard InChI is InChI=1S/C12H15NS/c1-2-4-10(5-3-1)9-13-11-6-7-12(8-11)14-13/h1-5,11-12H,6-9H2. The molecule has 0 radical (unpaired) electrons. The van der Waals surface area contributed by atoms with E-state index in [9.17, 15) is 0 Å². The van der Waals surface area contributed by atoms with E-state index in [0.717, 1.165) is 17.8 Å². The minimum Gasteiger partial charge on any atom is -0.243 e. The van der Waals surface area contributed by atoms with E-state index in [-0.39, 0.29) is 0 Å². The monoisotopic (exact) mass is 205 g/mol. The molecule has 2 fully saturated rings. The van der Waals surface area contributed by atoms with Gasteiger partial charge in [-0.05, 0) is 24.8 Å². The Morgan fingerprint density at radius 3 is 2.71 bits per heavy atom. The Balaban J connectivity index is 1.69. The van der Waals surface area contributed by atoms with Crippen LogP contribution in [-0.4, -0.2) is 15.6 Å². The van der Waals surface area contributed by atoms with Gasteiger partial charge in [-0.1, -0.05) is 42.3 Å². The Hall–Kier alpha value is -0.470. The Bertz CT molecular complexity index is 311. The molecule has 1 saturated heterocycles. The molecule has 0 spiro atoms. The molecular weight excluding hydrogens is 190 g/mol. The first-order valence-corrected chi connectivity index (χ1v) is 6.23. The molecule has 2 unspecified atom stereocenters. The second-order valence-electron chi connectivity index (χ2n) is 4.26. The highest BCUT2D eigenvalue weighted by Gasteiger charge is 2.38. The topological polar surface area (TPSA) is 3.24 Å². The molecule has 74 valence electrons. The molecule has 1 aliphatic carbocycles. The number of fused-ring (bicyclic) bond motifs is 2. The van der Waals surface area contributed by atoms with Crippen LogP contribution in [0.1, 0.15) is 24.8 Å². The molecule has 1 aromatic rings. The van der Waals surface area contributed by atoms with E-state index in [4.69, 9.17) is 0 Å². The fourth-order valence-corrected chi connectivity index (χ4v) is 4.00. The van der Waals surface area contributed by atoms with Crippen molar-refractivity contribution in [3.8, 4) is 0 Å². The van der Waals surface area contributed by atoms with Gasteiger partial charge >= 0.3 is 0 Å². The third-order valence-corrected chi connectivity index (χ3v) is 4.65. The molecular formula is C12H15NS. The van der Waals surface area contributed by atoms with Crippen LogP contribution in [0.3, 0.4) is 0 Å².